The molecular formula is C22H23N5OS. The second kappa shape index (κ2) is 7.67. The molecule has 0 unspecified atom stereocenters. The van der Waals surface area contributed by atoms with Crippen LogP contribution in [0.4, 0.5) is 0 Å². The smallest absolute Gasteiger partial charge is 0.258 e. The molecule has 4 heterocycles. The summed E-state index contributed by atoms with van der Waals surface area (Å²) in [5.74, 6) is 0. The van der Waals surface area contributed by atoms with E-state index in [2.05, 4.69) is 33.0 Å². The van der Waals surface area contributed by atoms with Crippen molar-refractivity contribution in [3.05, 3.63) is 75.3 Å². The second-order valence-electron chi connectivity index (χ2n) is 7.65. The molecule has 1 fully saturated rings. The lowest BCUT2D eigenvalue weighted by Gasteiger charge is -2.34. The molecule has 0 atom stereocenters. The summed E-state index contributed by atoms with van der Waals surface area (Å²) in [6, 6.07) is 13.9. The van der Waals surface area contributed by atoms with Crippen molar-refractivity contribution >= 4 is 27.2 Å². The third kappa shape index (κ3) is 3.94. The molecule has 0 N–H and O–H groups in total. The van der Waals surface area contributed by atoms with Crippen LogP contribution in [0.1, 0.15) is 16.3 Å². The first-order chi connectivity index (χ1) is 14.1. The minimum absolute atomic E-state index is 0.0110. The summed E-state index contributed by atoms with van der Waals surface area (Å²) < 4.78 is 2.87. The normalized spacial score (nSPS) is 16.0. The van der Waals surface area contributed by atoms with E-state index in [0.29, 0.717) is 12.2 Å². The monoisotopic (exact) mass is 405 g/mol. The number of aromatic nitrogens is 3. The van der Waals surface area contributed by atoms with Crippen LogP contribution in [-0.4, -0.2) is 50.3 Å². The van der Waals surface area contributed by atoms with Gasteiger partial charge in [0, 0.05) is 45.0 Å². The van der Waals surface area contributed by atoms with Gasteiger partial charge in [0.05, 0.1) is 22.5 Å². The molecular weight excluding hydrogens is 382 g/mol. The lowest BCUT2D eigenvalue weighted by atomic mass is 10.2. The second-order valence-corrected chi connectivity index (χ2v) is 8.76. The summed E-state index contributed by atoms with van der Waals surface area (Å²) in [6.07, 6.45) is 1.84. The molecule has 0 amide bonds. The average molecular weight is 406 g/mol. The SMILES string of the molecule is Cc1ccc2nc(CN3CCN(Cc4nc5ccccc5s4)CC3)cc(=O)n2c1. The van der Waals surface area contributed by atoms with E-state index < -0.39 is 0 Å². The zero-order valence-corrected chi connectivity index (χ0v) is 17.2. The van der Waals surface area contributed by atoms with Crippen molar-refractivity contribution < 1.29 is 0 Å². The van der Waals surface area contributed by atoms with E-state index >= 15 is 0 Å². The summed E-state index contributed by atoms with van der Waals surface area (Å²) in [5.41, 5.74) is 3.70. The highest BCUT2D eigenvalue weighted by molar-refractivity contribution is 7.18. The zero-order chi connectivity index (χ0) is 19.8. The van der Waals surface area contributed by atoms with Gasteiger partial charge in [-0.1, -0.05) is 18.2 Å². The van der Waals surface area contributed by atoms with Crippen LogP contribution >= 0.6 is 11.3 Å². The topological polar surface area (TPSA) is 53.7 Å². The number of aryl methyl sites for hydroxylation is 1. The van der Waals surface area contributed by atoms with Gasteiger partial charge in [0.2, 0.25) is 0 Å². The van der Waals surface area contributed by atoms with Crippen molar-refractivity contribution in [2.75, 3.05) is 26.2 Å². The van der Waals surface area contributed by atoms with Gasteiger partial charge in [-0.2, -0.15) is 0 Å². The van der Waals surface area contributed by atoms with Gasteiger partial charge in [-0.05, 0) is 30.7 Å². The molecule has 0 saturated carbocycles. The predicted octanol–water partition coefficient (Wildman–Crippen LogP) is 2.93. The van der Waals surface area contributed by atoms with Gasteiger partial charge < -0.3 is 0 Å². The van der Waals surface area contributed by atoms with Crippen LogP contribution in [0.15, 0.2) is 53.5 Å². The van der Waals surface area contributed by atoms with Crippen LogP contribution in [0.25, 0.3) is 15.9 Å². The lowest BCUT2D eigenvalue weighted by Crippen LogP contribution is -2.45. The Labute approximate surface area is 173 Å². The van der Waals surface area contributed by atoms with Crippen LogP contribution < -0.4 is 5.56 Å². The number of benzene rings is 1. The average Bonchev–Trinajstić information content (AvgIpc) is 3.12. The number of hydrogen-bond acceptors (Lipinski definition) is 6. The van der Waals surface area contributed by atoms with Crippen molar-refractivity contribution in [2.24, 2.45) is 0 Å². The molecule has 7 heteroatoms. The highest BCUT2D eigenvalue weighted by Gasteiger charge is 2.19. The van der Waals surface area contributed by atoms with E-state index in [1.54, 1.807) is 21.8 Å². The van der Waals surface area contributed by atoms with Gasteiger partial charge >= 0.3 is 0 Å². The van der Waals surface area contributed by atoms with Crippen LogP contribution in [-0.2, 0) is 13.1 Å². The molecule has 3 aromatic heterocycles. The first-order valence-electron chi connectivity index (χ1n) is 9.92. The Balaban J connectivity index is 1.22. The molecule has 4 aromatic rings. The van der Waals surface area contributed by atoms with Gasteiger partial charge in [0.1, 0.15) is 10.7 Å². The van der Waals surface area contributed by atoms with Crippen molar-refractivity contribution in [1.82, 2.24) is 24.2 Å². The molecule has 1 aliphatic rings. The minimum atomic E-state index is -0.0110. The fourth-order valence-electron chi connectivity index (χ4n) is 3.85. The van der Waals surface area contributed by atoms with Crippen LogP contribution in [0, 0.1) is 6.92 Å². The molecule has 5 rings (SSSR count). The Kier molecular flexibility index (Phi) is 4.87. The van der Waals surface area contributed by atoms with E-state index in [1.807, 2.05) is 31.3 Å². The number of para-hydroxylation sites is 1. The van der Waals surface area contributed by atoms with Gasteiger partial charge in [-0.3, -0.25) is 19.0 Å². The fraction of sp³-hybridized carbons (Fsp3) is 0.318. The van der Waals surface area contributed by atoms with Gasteiger partial charge in [-0.15, -0.1) is 11.3 Å². The van der Waals surface area contributed by atoms with Crippen molar-refractivity contribution in [3.8, 4) is 0 Å². The Morgan fingerprint density at radius 3 is 2.52 bits per heavy atom. The molecule has 0 bridgehead atoms. The third-order valence-electron chi connectivity index (χ3n) is 5.41. The standard InChI is InChI=1S/C22H23N5OS/c1-16-6-7-20-23-17(12-22(28)27(20)13-16)14-25-8-10-26(11-9-25)15-21-24-18-4-2-3-5-19(18)29-21/h2-7,12-13H,8-11,14-15H2,1H3. The number of fused-ring (bicyclic) bond motifs is 2. The summed E-state index contributed by atoms with van der Waals surface area (Å²) in [7, 11) is 0. The maximum atomic E-state index is 12.4. The van der Waals surface area contributed by atoms with Crippen LogP contribution in [0.3, 0.4) is 0 Å². The van der Waals surface area contributed by atoms with Gasteiger partial charge in [0.15, 0.2) is 0 Å². The fourth-order valence-corrected chi connectivity index (χ4v) is 4.86. The summed E-state index contributed by atoms with van der Waals surface area (Å²) in [6.45, 7) is 7.55. The molecule has 0 radical (unpaired) electrons. The molecule has 29 heavy (non-hydrogen) atoms. The quantitative estimate of drug-likeness (QED) is 0.523. The number of thiazole rings is 1. The van der Waals surface area contributed by atoms with E-state index in [4.69, 9.17) is 4.98 Å². The van der Waals surface area contributed by atoms with Crippen LogP contribution in [0.2, 0.25) is 0 Å². The molecule has 1 saturated heterocycles. The molecule has 1 aromatic carbocycles. The Morgan fingerprint density at radius 1 is 0.966 bits per heavy atom. The van der Waals surface area contributed by atoms with Gasteiger partial charge in [-0.25, -0.2) is 9.97 Å². The summed E-state index contributed by atoms with van der Waals surface area (Å²) in [4.78, 5) is 26.7. The minimum Gasteiger partial charge on any atom is -0.295 e. The van der Waals surface area contributed by atoms with E-state index in [0.717, 1.165) is 49.5 Å². The number of rotatable bonds is 4. The molecule has 1 aliphatic heterocycles. The maximum Gasteiger partial charge on any atom is 0.258 e. The number of pyridine rings is 1. The highest BCUT2D eigenvalue weighted by atomic mass is 32.1. The third-order valence-corrected chi connectivity index (χ3v) is 6.43. The molecule has 148 valence electrons. The summed E-state index contributed by atoms with van der Waals surface area (Å²) >= 11 is 1.78. The van der Waals surface area contributed by atoms with E-state index in [-0.39, 0.29) is 5.56 Å². The number of hydrogen-bond donors (Lipinski definition) is 0. The van der Waals surface area contributed by atoms with Gasteiger partial charge in [0.25, 0.3) is 5.56 Å². The Morgan fingerprint density at radius 2 is 1.72 bits per heavy atom. The molecule has 6 nitrogen and oxygen atoms in total. The number of piperazine rings is 1. The van der Waals surface area contributed by atoms with E-state index in [9.17, 15) is 4.79 Å². The summed E-state index contributed by atoms with van der Waals surface area (Å²) in [5, 5.41) is 1.18. The molecule has 0 aliphatic carbocycles. The van der Waals surface area contributed by atoms with E-state index in [1.165, 1.54) is 9.71 Å². The Hall–Kier alpha value is -2.61. The lowest BCUT2D eigenvalue weighted by molar-refractivity contribution is 0.121. The van der Waals surface area contributed by atoms with Crippen molar-refractivity contribution in [3.63, 3.8) is 0 Å². The maximum absolute atomic E-state index is 12.4. The molecule has 0 spiro atoms. The zero-order valence-electron chi connectivity index (χ0n) is 16.4. The number of nitrogens with zero attached hydrogens (tertiary/aromatic N) is 5. The highest BCUT2D eigenvalue weighted by Crippen LogP contribution is 2.23. The largest absolute Gasteiger partial charge is 0.295 e. The van der Waals surface area contributed by atoms with Crippen molar-refractivity contribution in [2.45, 2.75) is 20.0 Å². The first kappa shape index (κ1) is 18.4. The van der Waals surface area contributed by atoms with Crippen LogP contribution in [0.5, 0.6) is 0 Å². The predicted molar refractivity (Wildman–Crippen MR) is 116 cm³/mol. The van der Waals surface area contributed by atoms with Crippen molar-refractivity contribution in [1.29, 1.82) is 0 Å². The Bertz CT molecular complexity index is 1190. The first-order valence-corrected chi connectivity index (χ1v) is 10.7.